The third kappa shape index (κ3) is 3.99. The first-order valence-corrected chi connectivity index (χ1v) is 10.8. The fraction of sp³-hybridized carbons (Fsp3) is 0.429. The second-order valence-corrected chi connectivity index (χ2v) is 9.08. The van der Waals surface area contributed by atoms with Crippen LogP contribution in [0.3, 0.4) is 0 Å². The summed E-state index contributed by atoms with van der Waals surface area (Å²) in [5, 5.41) is 21.1. The average molecular weight is 430 g/mol. The van der Waals surface area contributed by atoms with Crippen molar-refractivity contribution in [3.63, 3.8) is 0 Å². The SMILES string of the molecule is C[C@@H]1CC[C@@H](c2nc(C(C)(C)O)cs2)CN1C(=O)c1ccc(F)cc1-n1nccn1. The highest BCUT2D eigenvalue weighted by atomic mass is 32.1. The van der Waals surface area contributed by atoms with Gasteiger partial charge in [-0.3, -0.25) is 4.79 Å². The number of carbonyl (C=O) groups is 1. The van der Waals surface area contributed by atoms with Crippen LogP contribution in [0.4, 0.5) is 4.39 Å². The number of benzene rings is 1. The molecule has 1 saturated heterocycles. The van der Waals surface area contributed by atoms with Gasteiger partial charge >= 0.3 is 0 Å². The van der Waals surface area contributed by atoms with E-state index in [2.05, 4.69) is 15.2 Å². The third-order valence-corrected chi connectivity index (χ3v) is 6.47. The summed E-state index contributed by atoms with van der Waals surface area (Å²) in [5.74, 6) is -0.540. The van der Waals surface area contributed by atoms with Crippen molar-refractivity contribution in [2.24, 2.45) is 0 Å². The van der Waals surface area contributed by atoms with Crippen LogP contribution in [0.2, 0.25) is 0 Å². The van der Waals surface area contributed by atoms with E-state index >= 15 is 0 Å². The van der Waals surface area contributed by atoms with Gasteiger partial charge in [0.25, 0.3) is 5.91 Å². The lowest BCUT2D eigenvalue weighted by atomic mass is 9.93. The number of hydrogen-bond acceptors (Lipinski definition) is 6. The van der Waals surface area contributed by atoms with Crippen molar-refractivity contribution in [1.82, 2.24) is 24.9 Å². The molecule has 1 N–H and O–H groups in total. The van der Waals surface area contributed by atoms with Crippen molar-refractivity contribution in [3.05, 3.63) is 58.1 Å². The molecule has 3 heterocycles. The topological polar surface area (TPSA) is 84.1 Å². The largest absolute Gasteiger partial charge is 0.384 e. The van der Waals surface area contributed by atoms with Crippen molar-refractivity contribution in [2.75, 3.05) is 6.54 Å². The lowest BCUT2D eigenvalue weighted by Crippen LogP contribution is -2.45. The number of halogens is 1. The Hall–Kier alpha value is -2.65. The van der Waals surface area contributed by atoms with Gasteiger partial charge in [-0.25, -0.2) is 9.37 Å². The third-order valence-electron chi connectivity index (χ3n) is 5.47. The lowest BCUT2D eigenvalue weighted by molar-refractivity contribution is 0.0604. The molecule has 0 bridgehead atoms. The molecule has 7 nitrogen and oxygen atoms in total. The fourth-order valence-electron chi connectivity index (χ4n) is 3.69. The standard InChI is InChI=1S/C21H24FN5O2S/c1-13-4-5-14(19-25-18(12-30-19)21(2,3)29)11-26(13)20(28)16-7-6-15(22)10-17(16)27-23-8-9-24-27/h6-10,12-14,29H,4-5,11H2,1-3H3/t13-,14-/m1/s1. The van der Waals surface area contributed by atoms with Gasteiger partial charge in [-0.2, -0.15) is 15.0 Å². The predicted molar refractivity (Wildman–Crippen MR) is 111 cm³/mol. The van der Waals surface area contributed by atoms with Crippen LogP contribution in [0.1, 0.15) is 60.6 Å². The lowest BCUT2D eigenvalue weighted by Gasteiger charge is -2.37. The Morgan fingerprint density at radius 2 is 2.00 bits per heavy atom. The zero-order valence-corrected chi connectivity index (χ0v) is 17.9. The number of aromatic nitrogens is 4. The molecule has 0 aliphatic carbocycles. The predicted octanol–water partition coefficient (Wildman–Crippen LogP) is 3.50. The number of thiazole rings is 1. The first kappa shape index (κ1) is 20.6. The zero-order chi connectivity index (χ0) is 21.5. The van der Waals surface area contributed by atoms with Crippen LogP contribution in [0.5, 0.6) is 0 Å². The van der Waals surface area contributed by atoms with Gasteiger partial charge in [0, 0.05) is 30.0 Å². The van der Waals surface area contributed by atoms with E-state index in [0.717, 1.165) is 17.8 Å². The molecule has 4 rings (SSSR count). The van der Waals surface area contributed by atoms with E-state index in [1.165, 1.54) is 46.7 Å². The molecule has 0 spiro atoms. The summed E-state index contributed by atoms with van der Waals surface area (Å²) in [6.07, 6.45) is 4.73. The Morgan fingerprint density at radius 3 is 2.67 bits per heavy atom. The van der Waals surface area contributed by atoms with Gasteiger partial charge in [0.1, 0.15) is 17.1 Å². The zero-order valence-electron chi connectivity index (χ0n) is 17.1. The maximum Gasteiger partial charge on any atom is 0.256 e. The Balaban J connectivity index is 1.62. The summed E-state index contributed by atoms with van der Waals surface area (Å²) < 4.78 is 13.9. The smallest absolute Gasteiger partial charge is 0.256 e. The number of hydrogen-bond donors (Lipinski definition) is 1. The normalized spacial score (nSPS) is 19.8. The minimum absolute atomic E-state index is 0.0472. The molecule has 0 unspecified atom stereocenters. The molecule has 1 aliphatic heterocycles. The molecule has 2 atom stereocenters. The Morgan fingerprint density at radius 1 is 1.27 bits per heavy atom. The summed E-state index contributed by atoms with van der Waals surface area (Å²) in [6.45, 7) is 5.96. The number of nitrogens with zero attached hydrogens (tertiary/aromatic N) is 5. The number of piperidine rings is 1. The number of amides is 1. The summed E-state index contributed by atoms with van der Waals surface area (Å²) in [4.78, 5) is 21.2. The fourth-order valence-corrected chi connectivity index (χ4v) is 4.80. The summed E-state index contributed by atoms with van der Waals surface area (Å²) in [5.41, 5.74) is 0.324. The quantitative estimate of drug-likeness (QED) is 0.686. The highest BCUT2D eigenvalue weighted by Crippen LogP contribution is 2.34. The molecule has 30 heavy (non-hydrogen) atoms. The Labute approximate surface area is 178 Å². The molecule has 0 saturated carbocycles. The van der Waals surface area contributed by atoms with E-state index in [1.54, 1.807) is 13.8 Å². The molecule has 3 aromatic rings. The minimum atomic E-state index is -0.994. The van der Waals surface area contributed by atoms with E-state index in [4.69, 9.17) is 0 Å². The van der Waals surface area contributed by atoms with Gasteiger partial charge < -0.3 is 10.0 Å². The molecule has 1 fully saturated rings. The molecule has 1 amide bonds. The van der Waals surface area contributed by atoms with Crippen molar-refractivity contribution >= 4 is 17.2 Å². The average Bonchev–Trinajstić information content (AvgIpc) is 3.40. The Bertz CT molecular complexity index is 1040. The molecule has 0 radical (unpaired) electrons. The number of likely N-dealkylation sites (tertiary alicyclic amines) is 1. The van der Waals surface area contributed by atoms with Crippen molar-refractivity contribution in [3.8, 4) is 5.69 Å². The Kier molecular flexibility index (Phi) is 5.42. The van der Waals surface area contributed by atoms with Crippen LogP contribution < -0.4 is 0 Å². The second-order valence-electron chi connectivity index (χ2n) is 8.19. The summed E-state index contributed by atoms with van der Waals surface area (Å²) in [7, 11) is 0. The minimum Gasteiger partial charge on any atom is -0.384 e. The van der Waals surface area contributed by atoms with Crippen LogP contribution in [-0.2, 0) is 5.60 Å². The molecule has 1 aliphatic rings. The highest BCUT2D eigenvalue weighted by molar-refractivity contribution is 7.09. The molecule has 158 valence electrons. The van der Waals surface area contributed by atoms with Crippen molar-refractivity contribution < 1.29 is 14.3 Å². The molecule has 2 aromatic heterocycles. The number of carbonyl (C=O) groups excluding carboxylic acids is 1. The number of rotatable bonds is 4. The molecular formula is C21H24FN5O2S. The maximum absolute atomic E-state index is 13.9. The van der Waals surface area contributed by atoms with Crippen LogP contribution in [0, 0.1) is 5.82 Å². The molecular weight excluding hydrogens is 405 g/mol. The van der Waals surface area contributed by atoms with Crippen LogP contribution >= 0.6 is 11.3 Å². The van der Waals surface area contributed by atoms with Gasteiger partial charge in [-0.1, -0.05) is 0 Å². The van der Waals surface area contributed by atoms with E-state index in [1.807, 2.05) is 17.2 Å². The van der Waals surface area contributed by atoms with Gasteiger partial charge in [0.2, 0.25) is 0 Å². The van der Waals surface area contributed by atoms with Crippen LogP contribution in [0.25, 0.3) is 5.69 Å². The van der Waals surface area contributed by atoms with E-state index in [9.17, 15) is 14.3 Å². The van der Waals surface area contributed by atoms with Gasteiger partial charge in [-0.15, -0.1) is 11.3 Å². The first-order valence-electron chi connectivity index (χ1n) is 9.89. The van der Waals surface area contributed by atoms with Gasteiger partial charge in [-0.05, 0) is 45.7 Å². The monoisotopic (exact) mass is 429 g/mol. The van der Waals surface area contributed by atoms with Crippen LogP contribution in [-0.4, -0.2) is 48.5 Å². The van der Waals surface area contributed by atoms with Gasteiger partial charge in [0.15, 0.2) is 0 Å². The van der Waals surface area contributed by atoms with Crippen molar-refractivity contribution in [1.29, 1.82) is 0 Å². The first-order chi connectivity index (χ1) is 14.2. The summed E-state index contributed by atoms with van der Waals surface area (Å²) in [6, 6.07) is 4.09. The van der Waals surface area contributed by atoms with E-state index < -0.39 is 11.4 Å². The van der Waals surface area contributed by atoms with Crippen molar-refractivity contribution in [2.45, 2.75) is 51.2 Å². The van der Waals surface area contributed by atoms with E-state index in [0.29, 0.717) is 23.5 Å². The second kappa shape index (κ2) is 7.88. The number of aliphatic hydroxyl groups is 1. The molecule has 9 heteroatoms. The summed E-state index contributed by atoms with van der Waals surface area (Å²) >= 11 is 1.51. The highest BCUT2D eigenvalue weighted by Gasteiger charge is 2.33. The molecule has 1 aromatic carbocycles. The van der Waals surface area contributed by atoms with Crippen LogP contribution in [0.15, 0.2) is 36.0 Å². The van der Waals surface area contributed by atoms with E-state index in [-0.39, 0.29) is 17.9 Å². The maximum atomic E-state index is 13.9. The van der Waals surface area contributed by atoms with Gasteiger partial charge in [0.05, 0.1) is 28.7 Å².